The van der Waals surface area contributed by atoms with E-state index in [0.29, 0.717) is 29.5 Å². The Morgan fingerprint density at radius 2 is 2.04 bits per heavy atom. The molecule has 1 N–H and O–H groups in total. The first-order valence-corrected chi connectivity index (χ1v) is 11.9. The fourth-order valence-electron chi connectivity index (χ4n) is 3.67. The number of aromatic nitrogens is 2. The second kappa shape index (κ2) is 8.14. The summed E-state index contributed by atoms with van der Waals surface area (Å²) in [6.45, 7) is 2.09. The molecule has 1 saturated carbocycles. The highest BCUT2D eigenvalue weighted by molar-refractivity contribution is 7.89. The minimum absolute atomic E-state index is 0.226. The smallest absolute Gasteiger partial charge is 0.241 e. The molecule has 2 aromatic heterocycles. The van der Waals surface area contributed by atoms with Gasteiger partial charge >= 0.3 is 0 Å². The van der Waals surface area contributed by atoms with Crippen LogP contribution in [0, 0.1) is 0 Å². The number of nitrogens with zero attached hydrogens (tertiary/aromatic N) is 2. The Morgan fingerprint density at radius 3 is 2.75 bits per heavy atom. The normalized spacial score (nSPS) is 15.8. The number of hydrogen-bond acceptors (Lipinski definition) is 6. The molecule has 0 amide bonds. The van der Waals surface area contributed by atoms with E-state index < -0.39 is 10.0 Å². The first-order chi connectivity index (χ1) is 13.6. The molecule has 8 heteroatoms. The second-order valence-electron chi connectivity index (χ2n) is 6.95. The van der Waals surface area contributed by atoms with Crippen LogP contribution >= 0.6 is 11.3 Å². The van der Waals surface area contributed by atoms with Crippen LogP contribution in [-0.4, -0.2) is 24.9 Å². The molecule has 0 spiro atoms. The van der Waals surface area contributed by atoms with E-state index in [4.69, 9.17) is 4.42 Å². The van der Waals surface area contributed by atoms with E-state index in [0.717, 1.165) is 9.88 Å². The van der Waals surface area contributed by atoms with Gasteiger partial charge < -0.3 is 4.42 Å². The van der Waals surface area contributed by atoms with Crippen molar-refractivity contribution in [1.29, 1.82) is 0 Å². The Kier molecular flexibility index (Phi) is 5.61. The fourth-order valence-corrected chi connectivity index (χ4v) is 6.14. The van der Waals surface area contributed by atoms with Crippen LogP contribution in [0.25, 0.3) is 21.9 Å². The standard InChI is InChI=1S/C20H23N3O3S2/c1-2-23-28(24,25)18-12-15(19-21-10-11-26-19)8-9-16(18)17-13-22-20(27-17)14-6-4-3-5-7-14/h8-14,23H,2-7H2,1H3. The van der Waals surface area contributed by atoms with Crippen LogP contribution in [0.5, 0.6) is 0 Å². The van der Waals surface area contributed by atoms with Gasteiger partial charge in [0, 0.05) is 29.8 Å². The summed E-state index contributed by atoms with van der Waals surface area (Å²) in [4.78, 5) is 9.86. The minimum Gasteiger partial charge on any atom is -0.445 e. The largest absolute Gasteiger partial charge is 0.445 e. The van der Waals surface area contributed by atoms with Gasteiger partial charge in [-0.1, -0.05) is 32.3 Å². The van der Waals surface area contributed by atoms with Gasteiger partial charge in [0.25, 0.3) is 0 Å². The molecule has 1 aliphatic carbocycles. The number of benzene rings is 1. The minimum atomic E-state index is -3.66. The van der Waals surface area contributed by atoms with E-state index in [-0.39, 0.29) is 4.90 Å². The molecule has 1 aliphatic rings. The molecule has 28 heavy (non-hydrogen) atoms. The average molecular weight is 418 g/mol. The van der Waals surface area contributed by atoms with Gasteiger partial charge in [-0.25, -0.2) is 23.1 Å². The molecule has 0 bridgehead atoms. The zero-order valence-electron chi connectivity index (χ0n) is 15.7. The van der Waals surface area contributed by atoms with Crippen LogP contribution in [-0.2, 0) is 10.0 Å². The Labute approximate surface area is 169 Å². The van der Waals surface area contributed by atoms with Crippen LogP contribution in [0.4, 0.5) is 0 Å². The molecule has 2 heterocycles. The molecule has 0 saturated heterocycles. The van der Waals surface area contributed by atoms with Crippen molar-refractivity contribution in [3.63, 3.8) is 0 Å². The van der Waals surface area contributed by atoms with Crippen molar-refractivity contribution >= 4 is 21.4 Å². The molecule has 3 aromatic rings. The van der Waals surface area contributed by atoms with Gasteiger partial charge in [0.2, 0.25) is 15.9 Å². The number of thiazole rings is 1. The third-order valence-corrected chi connectivity index (χ3v) is 7.81. The van der Waals surface area contributed by atoms with E-state index in [1.807, 2.05) is 12.1 Å². The summed E-state index contributed by atoms with van der Waals surface area (Å²) in [5, 5.41) is 1.11. The maximum Gasteiger partial charge on any atom is 0.241 e. The van der Waals surface area contributed by atoms with Crippen molar-refractivity contribution in [1.82, 2.24) is 14.7 Å². The summed E-state index contributed by atoms with van der Waals surface area (Å²) < 4.78 is 33.7. The second-order valence-corrected chi connectivity index (χ2v) is 9.74. The topological polar surface area (TPSA) is 85.1 Å². The van der Waals surface area contributed by atoms with E-state index in [1.54, 1.807) is 36.7 Å². The number of nitrogens with one attached hydrogen (secondary N) is 1. The van der Waals surface area contributed by atoms with Gasteiger partial charge in [0.05, 0.1) is 21.0 Å². The number of rotatable bonds is 6. The summed E-state index contributed by atoms with van der Waals surface area (Å²) >= 11 is 1.60. The highest BCUT2D eigenvalue weighted by atomic mass is 32.2. The van der Waals surface area contributed by atoms with Gasteiger partial charge in [-0.05, 0) is 25.0 Å². The predicted molar refractivity (Wildman–Crippen MR) is 110 cm³/mol. The van der Waals surface area contributed by atoms with E-state index in [1.165, 1.54) is 38.4 Å². The molecule has 0 unspecified atom stereocenters. The van der Waals surface area contributed by atoms with E-state index in [9.17, 15) is 8.42 Å². The van der Waals surface area contributed by atoms with E-state index in [2.05, 4.69) is 14.7 Å². The molecule has 6 nitrogen and oxygen atoms in total. The Bertz CT molecular complexity index is 1040. The summed E-state index contributed by atoms with van der Waals surface area (Å²) in [5.41, 5.74) is 1.29. The molecule has 1 aromatic carbocycles. The van der Waals surface area contributed by atoms with Gasteiger partial charge in [0.1, 0.15) is 6.26 Å². The van der Waals surface area contributed by atoms with Crippen molar-refractivity contribution in [3.8, 4) is 21.9 Å². The maximum atomic E-state index is 12.9. The lowest BCUT2D eigenvalue weighted by atomic mass is 9.90. The molecular weight excluding hydrogens is 394 g/mol. The van der Waals surface area contributed by atoms with Crippen LogP contribution < -0.4 is 4.72 Å². The Hall–Kier alpha value is -2.03. The summed E-state index contributed by atoms with van der Waals surface area (Å²) in [6, 6.07) is 5.28. The molecule has 148 valence electrons. The van der Waals surface area contributed by atoms with Gasteiger partial charge in [0.15, 0.2) is 0 Å². The first-order valence-electron chi connectivity index (χ1n) is 9.58. The highest BCUT2D eigenvalue weighted by Crippen LogP contribution is 2.39. The lowest BCUT2D eigenvalue weighted by molar-refractivity contribution is 0.442. The lowest BCUT2D eigenvalue weighted by Crippen LogP contribution is -2.23. The van der Waals surface area contributed by atoms with Gasteiger partial charge in [-0.3, -0.25) is 0 Å². The molecule has 0 radical (unpaired) electrons. The monoisotopic (exact) mass is 417 g/mol. The average Bonchev–Trinajstić information content (AvgIpc) is 3.40. The molecule has 1 fully saturated rings. The van der Waals surface area contributed by atoms with E-state index >= 15 is 0 Å². The fraction of sp³-hybridized carbons (Fsp3) is 0.400. The third-order valence-electron chi connectivity index (χ3n) is 5.03. The number of hydrogen-bond donors (Lipinski definition) is 1. The van der Waals surface area contributed by atoms with Gasteiger partial charge in [-0.2, -0.15) is 0 Å². The Balaban J connectivity index is 1.77. The quantitative estimate of drug-likeness (QED) is 0.622. The molecule has 0 atom stereocenters. The number of oxazole rings is 1. The van der Waals surface area contributed by atoms with Crippen LogP contribution in [0.3, 0.4) is 0 Å². The predicted octanol–water partition coefficient (Wildman–Crippen LogP) is 4.81. The van der Waals surface area contributed by atoms with Crippen molar-refractivity contribution in [3.05, 3.63) is 41.9 Å². The van der Waals surface area contributed by atoms with Crippen molar-refractivity contribution in [2.75, 3.05) is 6.54 Å². The molecule has 4 rings (SSSR count). The van der Waals surface area contributed by atoms with Crippen LogP contribution in [0.2, 0.25) is 0 Å². The maximum absolute atomic E-state index is 12.9. The van der Waals surface area contributed by atoms with Crippen LogP contribution in [0.1, 0.15) is 50.0 Å². The van der Waals surface area contributed by atoms with Crippen molar-refractivity contribution < 1.29 is 12.8 Å². The van der Waals surface area contributed by atoms with Crippen LogP contribution in [0.15, 0.2) is 46.2 Å². The SMILES string of the molecule is CCNS(=O)(=O)c1cc(-c2ncco2)ccc1-c1cnc(C2CCCCC2)s1. The Morgan fingerprint density at radius 1 is 1.21 bits per heavy atom. The first kappa shape index (κ1) is 19.3. The number of sulfonamides is 1. The third kappa shape index (κ3) is 3.90. The summed E-state index contributed by atoms with van der Waals surface area (Å²) in [6.07, 6.45) is 10.9. The zero-order valence-corrected chi connectivity index (χ0v) is 17.4. The van der Waals surface area contributed by atoms with Crippen molar-refractivity contribution in [2.45, 2.75) is 49.8 Å². The lowest BCUT2D eigenvalue weighted by Gasteiger charge is -2.18. The van der Waals surface area contributed by atoms with Gasteiger partial charge in [-0.15, -0.1) is 11.3 Å². The summed E-state index contributed by atoms with van der Waals surface area (Å²) in [7, 11) is -3.66. The highest BCUT2D eigenvalue weighted by Gasteiger charge is 2.24. The molecular formula is C20H23N3O3S2. The van der Waals surface area contributed by atoms with Crippen molar-refractivity contribution in [2.24, 2.45) is 0 Å². The summed E-state index contributed by atoms with van der Waals surface area (Å²) in [5.74, 6) is 0.889. The molecule has 0 aliphatic heterocycles. The zero-order chi connectivity index (χ0) is 19.6.